The minimum atomic E-state index is -0.877. The van der Waals surface area contributed by atoms with Crippen molar-refractivity contribution in [3.05, 3.63) is 12.2 Å². The van der Waals surface area contributed by atoms with Crippen molar-refractivity contribution in [2.24, 2.45) is 0 Å². The Bertz CT molecular complexity index is 187. The lowest BCUT2D eigenvalue weighted by Gasteiger charge is -2.01. The van der Waals surface area contributed by atoms with Gasteiger partial charge in [-0.25, -0.2) is 4.79 Å². The van der Waals surface area contributed by atoms with Crippen LogP contribution in [-0.4, -0.2) is 22.8 Å². The molecule has 0 rings (SSSR count). The van der Waals surface area contributed by atoms with E-state index in [0.717, 1.165) is 32.1 Å². The van der Waals surface area contributed by atoms with Crippen LogP contribution >= 0.6 is 0 Å². The number of carboxylic acid groups (broad SMARTS) is 1. The smallest absolute Gasteiger partial charge is 0.330 e. The number of carbonyl (C=O) groups is 1. The lowest BCUT2D eigenvalue weighted by molar-refractivity contribution is -0.132. The van der Waals surface area contributed by atoms with Crippen molar-refractivity contribution in [1.29, 1.82) is 0 Å². The fraction of sp³-hybridized carbons (Fsp3) is 0.750. The lowest BCUT2D eigenvalue weighted by Crippen LogP contribution is -1.98. The van der Waals surface area contributed by atoms with Gasteiger partial charge in [-0.05, 0) is 19.3 Å². The van der Waals surface area contributed by atoms with Crippen molar-refractivity contribution < 1.29 is 15.0 Å². The Morgan fingerprint density at radius 1 is 0.933 bits per heavy atom. The molecule has 0 heterocycles. The van der Waals surface area contributed by atoms with Crippen LogP contribution in [0.1, 0.15) is 51.4 Å². The molecular formula is C12H22O3. The van der Waals surface area contributed by atoms with Crippen LogP contribution in [0.5, 0.6) is 0 Å². The Morgan fingerprint density at radius 2 is 1.40 bits per heavy atom. The van der Waals surface area contributed by atoms with Gasteiger partial charge in [-0.2, -0.15) is 0 Å². The first-order chi connectivity index (χ1) is 7.18. The second kappa shape index (κ2) is 9.71. The molecule has 0 aliphatic rings. The summed E-state index contributed by atoms with van der Waals surface area (Å²) in [6.45, 7) is 3.78. The highest BCUT2D eigenvalue weighted by Crippen LogP contribution is 2.11. The Morgan fingerprint density at radius 3 is 1.87 bits per heavy atom. The van der Waals surface area contributed by atoms with Gasteiger partial charge in [0.2, 0.25) is 0 Å². The molecule has 0 spiro atoms. The van der Waals surface area contributed by atoms with Gasteiger partial charge < -0.3 is 10.2 Å². The summed E-state index contributed by atoms with van der Waals surface area (Å²) in [6, 6.07) is 0. The van der Waals surface area contributed by atoms with Crippen molar-refractivity contribution in [3.8, 4) is 0 Å². The molecule has 0 saturated heterocycles. The molecule has 0 aliphatic carbocycles. The van der Waals surface area contributed by atoms with Gasteiger partial charge in [0.15, 0.2) is 0 Å². The van der Waals surface area contributed by atoms with Crippen molar-refractivity contribution >= 4 is 5.97 Å². The minimum Gasteiger partial charge on any atom is -0.478 e. The zero-order chi connectivity index (χ0) is 11.5. The van der Waals surface area contributed by atoms with E-state index >= 15 is 0 Å². The predicted octanol–water partition coefficient (Wildman–Crippen LogP) is 2.74. The summed E-state index contributed by atoms with van der Waals surface area (Å²) >= 11 is 0. The van der Waals surface area contributed by atoms with Gasteiger partial charge in [-0.1, -0.05) is 38.7 Å². The largest absolute Gasteiger partial charge is 0.478 e. The summed E-state index contributed by atoms with van der Waals surface area (Å²) in [7, 11) is 0. The van der Waals surface area contributed by atoms with Crippen LogP contribution in [0.15, 0.2) is 12.2 Å². The average Bonchev–Trinajstić information content (AvgIpc) is 2.21. The van der Waals surface area contributed by atoms with Gasteiger partial charge in [0.25, 0.3) is 0 Å². The summed E-state index contributed by atoms with van der Waals surface area (Å²) in [6.07, 6.45) is 8.09. The number of aliphatic hydroxyl groups is 1. The molecule has 0 fully saturated rings. The van der Waals surface area contributed by atoms with Crippen molar-refractivity contribution in [3.63, 3.8) is 0 Å². The normalized spacial score (nSPS) is 10.2. The molecule has 0 amide bonds. The van der Waals surface area contributed by atoms with E-state index in [1.165, 1.54) is 12.8 Å². The molecule has 0 bridgehead atoms. The van der Waals surface area contributed by atoms with Crippen molar-refractivity contribution in [2.75, 3.05) is 6.61 Å². The number of hydrogen-bond acceptors (Lipinski definition) is 2. The summed E-state index contributed by atoms with van der Waals surface area (Å²) < 4.78 is 0. The molecular weight excluding hydrogens is 192 g/mol. The maximum absolute atomic E-state index is 10.4. The van der Waals surface area contributed by atoms with Crippen LogP contribution in [0.4, 0.5) is 0 Å². The van der Waals surface area contributed by atoms with Crippen LogP contribution in [0, 0.1) is 0 Å². The summed E-state index contributed by atoms with van der Waals surface area (Å²) in [5.41, 5.74) is 0.315. The molecule has 0 aromatic heterocycles. The second-order valence-corrected chi connectivity index (χ2v) is 3.86. The first kappa shape index (κ1) is 14.2. The molecule has 2 N–H and O–H groups in total. The number of aliphatic carboxylic acids is 1. The zero-order valence-corrected chi connectivity index (χ0v) is 9.37. The minimum absolute atomic E-state index is 0.290. The lowest BCUT2D eigenvalue weighted by atomic mass is 10.1. The van der Waals surface area contributed by atoms with Crippen LogP contribution in [0.3, 0.4) is 0 Å². The molecule has 88 valence electrons. The van der Waals surface area contributed by atoms with Crippen LogP contribution < -0.4 is 0 Å². The van der Waals surface area contributed by atoms with Crippen LogP contribution in [0.2, 0.25) is 0 Å². The molecule has 0 saturated carbocycles. The quantitative estimate of drug-likeness (QED) is 0.434. The average molecular weight is 214 g/mol. The van der Waals surface area contributed by atoms with Crippen LogP contribution in [0.25, 0.3) is 0 Å². The first-order valence-corrected chi connectivity index (χ1v) is 5.70. The third kappa shape index (κ3) is 9.47. The molecule has 0 aromatic rings. The highest BCUT2D eigenvalue weighted by molar-refractivity contribution is 5.85. The summed E-state index contributed by atoms with van der Waals surface area (Å²) in [4.78, 5) is 10.4. The predicted molar refractivity (Wildman–Crippen MR) is 60.8 cm³/mol. The Hall–Kier alpha value is -0.830. The maximum Gasteiger partial charge on any atom is 0.330 e. The summed E-state index contributed by atoms with van der Waals surface area (Å²) in [5, 5.41) is 17.1. The SMILES string of the molecule is C=C(CCCCCCCCCO)C(=O)O. The van der Waals surface area contributed by atoms with E-state index in [4.69, 9.17) is 10.2 Å². The third-order valence-electron chi connectivity index (χ3n) is 2.44. The van der Waals surface area contributed by atoms with Gasteiger partial charge in [-0.15, -0.1) is 0 Å². The summed E-state index contributed by atoms with van der Waals surface area (Å²) in [5.74, 6) is -0.877. The van der Waals surface area contributed by atoms with Gasteiger partial charge >= 0.3 is 5.97 Å². The third-order valence-corrected chi connectivity index (χ3v) is 2.44. The maximum atomic E-state index is 10.4. The van der Waals surface area contributed by atoms with E-state index in [2.05, 4.69) is 6.58 Å². The highest BCUT2D eigenvalue weighted by Gasteiger charge is 2.02. The zero-order valence-electron chi connectivity index (χ0n) is 9.37. The van der Waals surface area contributed by atoms with Gasteiger partial charge in [-0.3, -0.25) is 0 Å². The highest BCUT2D eigenvalue weighted by atomic mass is 16.4. The number of unbranched alkanes of at least 4 members (excludes halogenated alkanes) is 6. The molecule has 15 heavy (non-hydrogen) atoms. The fourth-order valence-corrected chi connectivity index (χ4v) is 1.44. The van der Waals surface area contributed by atoms with E-state index < -0.39 is 5.97 Å². The van der Waals surface area contributed by atoms with E-state index in [-0.39, 0.29) is 0 Å². The second-order valence-electron chi connectivity index (χ2n) is 3.86. The standard InChI is InChI=1S/C12H22O3/c1-11(12(14)15)9-7-5-3-2-4-6-8-10-13/h13H,1-10H2,(H,14,15). The van der Waals surface area contributed by atoms with Gasteiger partial charge in [0.1, 0.15) is 0 Å². The van der Waals surface area contributed by atoms with Crippen molar-refractivity contribution in [1.82, 2.24) is 0 Å². The van der Waals surface area contributed by atoms with E-state index in [9.17, 15) is 4.79 Å². The molecule has 0 atom stereocenters. The molecule has 0 radical (unpaired) electrons. The first-order valence-electron chi connectivity index (χ1n) is 5.70. The van der Waals surface area contributed by atoms with E-state index in [1.807, 2.05) is 0 Å². The monoisotopic (exact) mass is 214 g/mol. The topological polar surface area (TPSA) is 57.5 Å². The van der Waals surface area contributed by atoms with Crippen LogP contribution in [-0.2, 0) is 4.79 Å². The van der Waals surface area contributed by atoms with E-state index in [1.54, 1.807) is 0 Å². The number of carboxylic acids is 1. The van der Waals surface area contributed by atoms with E-state index in [0.29, 0.717) is 18.6 Å². The number of aliphatic hydroxyl groups excluding tert-OH is 1. The number of hydrogen-bond donors (Lipinski definition) is 2. The van der Waals surface area contributed by atoms with Gasteiger partial charge in [0, 0.05) is 12.2 Å². The Labute approximate surface area is 91.8 Å². The molecule has 3 nitrogen and oxygen atoms in total. The molecule has 0 aromatic carbocycles. The Kier molecular flexibility index (Phi) is 9.18. The molecule has 0 unspecified atom stereocenters. The van der Waals surface area contributed by atoms with Gasteiger partial charge in [0.05, 0.1) is 0 Å². The Balaban J connectivity index is 3.11. The fourth-order valence-electron chi connectivity index (χ4n) is 1.44. The number of rotatable bonds is 10. The molecule has 3 heteroatoms. The molecule has 0 aliphatic heterocycles. The van der Waals surface area contributed by atoms with Crippen molar-refractivity contribution in [2.45, 2.75) is 51.4 Å².